The fourth-order valence-electron chi connectivity index (χ4n) is 1.37. The molecule has 4 nitrogen and oxygen atoms in total. The first-order valence-electron chi connectivity index (χ1n) is 5.04. The Kier molecular flexibility index (Phi) is 4.58. The minimum absolute atomic E-state index is 0.160. The fraction of sp³-hybridized carbons (Fsp3) is 0.300. The summed E-state index contributed by atoms with van der Waals surface area (Å²) < 4.78 is 51.7. The van der Waals surface area contributed by atoms with Crippen LogP contribution in [0.3, 0.4) is 0 Å². The molecule has 0 bridgehead atoms. The molecule has 0 heterocycles. The summed E-state index contributed by atoms with van der Waals surface area (Å²) in [5.74, 6) is -1.80. The molecular weight excluding hydrogens is 282 g/mol. The Morgan fingerprint density at radius 3 is 2.56 bits per heavy atom. The highest BCUT2D eigenvalue weighted by molar-refractivity contribution is 7.95. The van der Waals surface area contributed by atoms with E-state index in [2.05, 4.69) is 12.2 Å². The SMILES string of the molecule is CCC(C(N)=S)S(=O)(=O)Nc1ccc(F)cc1F. The van der Waals surface area contributed by atoms with E-state index >= 15 is 0 Å². The van der Waals surface area contributed by atoms with Crippen LogP contribution in [0.1, 0.15) is 13.3 Å². The molecule has 1 atom stereocenters. The minimum Gasteiger partial charge on any atom is -0.392 e. The van der Waals surface area contributed by atoms with Crippen molar-refractivity contribution in [2.24, 2.45) is 5.73 Å². The first-order valence-corrected chi connectivity index (χ1v) is 6.99. The van der Waals surface area contributed by atoms with E-state index in [1.807, 2.05) is 4.72 Å². The van der Waals surface area contributed by atoms with Crippen molar-refractivity contribution < 1.29 is 17.2 Å². The maximum Gasteiger partial charge on any atom is 0.242 e. The molecule has 0 amide bonds. The van der Waals surface area contributed by atoms with Crippen LogP contribution in [-0.4, -0.2) is 18.7 Å². The molecule has 1 unspecified atom stereocenters. The number of nitrogens with one attached hydrogen (secondary N) is 1. The second-order valence-electron chi connectivity index (χ2n) is 3.57. The molecule has 18 heavy (non-hydrogen) atoms. The van der Waals surface area contributed by atoms with E-state index in [0.717, 1.165) is 12.1 Å². The Balaban J connectivity index is 3.05. The Morgan fingerprint density at radius 1 is 1.50 bits per heavy atom. The van der Waals surface area contributed by atoms with Gasteiger partial charge in [0.15, 0.2) is 0 Å². The average molecular weight is 294 g/mol. The molecule has 3 N–H and O–H groups in total. The van der Waals surface area contributed by atoms with Gasteiger partial charge in [-0.1, -0.05) is 19.1 Å². The van der Waals surface area contributed by atoms with E-state index in [0.29, 0.717) is 6.07 Å². The Hall–Kier alpha value is -1.28. The average Bonchev–Trinajstić information content (AvgIpc) is 2.22. The van der Waals surface area contributed by atoms with Crippen molar-refractivity contribution in [3.63, 3.8) is 0 Å². The molecule has 0 aliphatic rings. The molecule has 1 aromatic rings. The molecule has 1 rings (SSSR count). The number of rotatable bonds is 5. The fourth-order valence-corrected chi connectivity index (χ4v) is 3.28. The number of sulfonamides is 1. The molecule has 0 saturated heterocycles. The zero-order valence-corrected chi connectivity index (χ0v) is 11.1. The van der Waals surface area contributed by atoms with Crippen LogP contribution in [-0.2, 0) is 10.0 Å². The maximum atomic E-state index is 13.3. The molecule has 0 radical (unpaired) electrons. The quantitative estimate of drug-likeness (QED) is 0.812. The zero-order chi connectivity index (χ0) is 13.9. The van der Waals surface area contributed by atoms with E-state index in [1.165, 1.54) is 0 Å². The van der Waals surface area contributed by atoms with Crippen LogP contribution in [0, 0.1) is 11.6 Å². The minimum atomic E-state index is -3.94. The molecule has 8 heteroatoms. The van der Waals surface area contributed by atoms with Crippen molar-refractivity contribution in [2.45, 2.75) is 18.6 Å². The molecule has 1 aromatic carbocycles. The summed E-state index contributed by atoms with van der Waals surface area (Å²) in [7, 11) is -3.94. The Morgan fingerprint density at radius 2 is 2.11 bits per heavy atom. The number of nitrogens with two attached hydrogens (primary N) is 1. The standard InChI is InChI=1S/C10H12F2N2O2S2/c1-2-9(10(13)17)18(15,16)14-8-4-3-6(11)5-7(8)12/h3-5,9,14H,2H2,1H3,(H2,13,17). The van der Waals surface area contributed by atoms with Gasteiger partial charge in [-0.3, -0.25) is 4.72 Å². The van der Waals surface area contributed by atoms with E-state index in [9.17, 15) is 17.2 Å². The van der Waals surface area contributed by atoms with E-state index in [1.54, 1.807) is 6.92 Å². The third-order valence-corrected chi connectivity index (χ3v) is 4.52. The second kappa shape index (κ2) is 5.57. The van der Waals surface area contributed by atoms with Crippen LogP contribution in [0.4, 0.5) is 14.5 Å². The third kappa shape index (κ3) is 3.36. The summed E-state index contributed by atoms with van der Waals surface area (Å²) in [5, 5.41) is -1.10. The number of anilines is 1. The van der Waals surface area contributed by atoms with Crippen LogP contribution >= 0.6 is 12.2 Å². The van der Waals surface area contributed by atoms with Gasteiger partial charge in [-0.2, -0.15) is 0 Å². The summed E-state index contributed by atoms with van der Waals surface area (Å²) in [5.41, 5.74) is 4.97. The summed E-state index contributed by atoms with van der Waals surface area (Å²) in [6.45, 7) is 1.59. The predicted molar refractivity (Wildman–Crippen MR) is 69.8 cm³/mol. The number of hydrogen-bond acceptors (Lipinski definition) is 3. The van der Waals surface area contributed by atoms with Crippen LogP contribution in [0.5, 0.6) is 0 Å². The third-order valence-electron chi connectivity index (χ3n) is 2.25. The lowest BCUT2D eigenvalue weighted by Gasteiger charge is -2.16. The number of halogens is 2. The van der Waals surface area contributed by atoms with Crippen molar-refractivity contribution in [3.8, 4) is 0 Å². The van der Waals surface area contributed by atoms with Crippen LogP contribution in [0.2, 0.25) is 0 Å². The molecule has 0 saturated carbocycles. The first-order chi connectivity index (χ1) is 8.27. The lowest BCUT2D eigenvalue weighted by Crippen LogP contribution is -2.37. The molecule has 0 aromatic heterocycles. The summed E-state index contributed by atoms with van der Waals surface area (Å²) >= 11 is 4.64. The van der Waals surface area contributed by atoms with Crippen molar-refractivity contribution in [2.75, 3.05) is 4.72 Å². The van der Waals surface area contributed by atoms with Gasteiger partial charge < -0.3 is 5.73 Å². The smallest absolute Gasteiger partial charge is 0.242 e. The number of hydrogen-bond donors (Lipinski definition) is 2. The normalized spacial score (nSPS) is 13.1. The van der Waals surface area contributed by atoms with Crippen LogP contribution in [0.15, 0.2) is 18.2 Å². The summed E-state index contributed by atoms with van der Waals surface area (Å²) in [4.78, 5) is -0.201. The van der Waals surface area contributed by atoms with E-state index < -0.39 is 26.9 Å². The van der Waals surface area contributed by atoms with Crippen molar-refractivity contribution in [3.05, 3.63) is 29.8 Å². The monoisotopic (exact) mass is 294 g/mol. The van der Waals surface area contributed by atoms with Gasteiger partial charge in [0.25, 0.3) is 0 Å². The van der Waals surface area contributed by atoms with Gasteiger partial charge in [0.2, 0.25) is 10.0 Å². The lowest BCUT2D eigenvalue weighted by molar-refractivity contribution is 0.581. The highest BCUT2D eigenvalue weighted by Gasteiger charge is 2.27. The van der Waals surface area contributed by atoms with Gasteiger partial charge in [0.05, 0.1) is 10.7 Å². The van der Waals surface area contributed by atoms with Gasteiger partial charge in [0, 0.05) is 6.07 Å². The Labute approximate surface area is 109 Å². The number of thiocarbonyl (C=S) groups is 1. The lowest BCUT2D eigenvalue weighted by atomic mass is 10.3. The highest BCUT2D eigenvalue weighted by Crippen LogP contribution is 2.18. The second-order valence-corrected chi connectivity index (χ2v) is 5.91. The molecule has 0 aliphatic heterocycles. The van der Waals surface area contributed by atoms with Crippen molar-refractivity contribution >= 4 is 32.9 Å². The largest absolute Gasteiger partial charge is 0.392 e. The van der Waals surface area contributed by atoms with Gasteiger partial charge in [-0.25, -0.2) is 17.2 Å². The molecular formula is C10H12F2N2O2S2. The molecule has 100 valence electrons. The molecule has 0 fully saturated rings. The van der Waals surface area contributed by atoms with Crippen LogP contribution in [0.25, 0.3) is 0 Å². The first kappa shape index (κ1) is 14.8. The van der Waals surface area contributed by atoms with E-state index in [4.69, 9.17) is 5.73 Å². The van der Waals surface area contributed by atoms with Gasteiger partial charge in [-0.05, 0) is 18.6 Å². The number of benzene rings is 1. The summed E-state index contributed by atoms with van der Waals surface area (Å²) in [6, 6.07) is 2.52. The maximum absolute atomic E-state index is 13.3. The van der Waals surface area contributed by atoms with E-state index in [-0.39, 0.29) is 17.1 Å². The van der Waals surface area contributed by atoms with Gasteiger partial charge >= 0.3 is 0 Å². The Bertz CT molecular complexity index is 561. The molecule has 0 aliphatic carbocycles. The van der Waals surface area contributed by atoms with Gasteiger partial charge in [0.1, 0.15) is 16.9 Å². The van der Waals surface area contributed by atoms with Crippen molar-refractivity contribution in [1.82, 2.24) is 0 Å². The topological polar surface area (TPSA) is 72.2 Å². The summed E-state index contributed by atoms with van der Waals surface area (Å²) in [6.07, 6.45) is 0.160. The predicted octanol–water partition coefficient (Wildman–Crippen LogP) is 1.77. The zero-order valence-electron chi connectivity index (χ0n) is 9.48. The van der Waals surface area contributed by atoms with Crippen LogP contribution < -0.4 is 10.5 Å². The molecule has 0 spiro atoms. The van der Waals surface area contributed by atoms with Gasteiger partial charge in [-0.15, -0.1) is 0 Å². The van der Waals surface area contributed by atoms with Crippen molar-refractivity contribution in [1.29, 1.82) is 0 Å². The highest BCUT2D eigenvalue weighted by atomic mass is 32.2.